The van der Waals surface area contributed by atoms with Crippen molar-refractivity contribution in [3.05, 3.63) is 60.7 Å². The highest BCUT2D eigenvalue weighted by molar-refractivity contribution is 6.99. The number of carbonyl (C=O) groups is 1. The Labute approximate surface area is 241 Å². The van der Waals surface area contributed by atoms with Gasteiger partial charge in [0.05, 0.1) is 18.1 Å². The van der Waals surface area contributed by atoms with E-state index < -0.39 is 22.0 Å². The van der Waals surface area contributed by atoms with Crippen molar-refractivity contribution in [2.75, 3.05) is 13.2 Å². The molecule has 0 spiro atoms. The lowest BCUT2D eigenvalue weighted by Crippen LogP contribution is -2.66. The number of carbonyl (C=O) groups excluding carboxylic acids is 1. The highest BCUT2D eigenvalue weighted by Gasteiger charge is 2.50. The minimum absolute atomic E-state index is 0.0255. The third-order valence-electron chi connectivity index (χ3n) is 8.20. The molecule has 2 atom stereocenters. The first-order chi connectivity index (χ1) is 18.3. The van der Waals surface area contributed by atoms with E-state index in [0.29, 0.717) is 13.2 Å². The Kier molecular flexibility index (Phi) is 12.2. The molecule has 0 bridgehead atoms. The van der Waals surface area contributed by atoms with Crippen molar-refractivity contribution >= 4 is 33.0 Å². The van der Waals surface area contributed by atoms with Gasteiger partial charge in [0.25, 0.3) is 8.32 Å². The van der Waals surface area contributed by atoms with E-state index in [9.17, 15) is 4.79 Å². The number of ether oxygens (including phenoxy) is 1. The summed E-state index contributed by atoms with van der Waals surface area (Å²) in [5, 5.41) is 2.50. The molecule has 0 aliphatic carbocycles. The molecule has 0 aliphatic heterocycles. The zero-order valence-electron chi connectivity index (χ0n) is 26.3. The van der Waals surface area contributed by atoms with E-state index >= 15 is 0 Å². The molecule has 0 saturated carbocycles. The first-order valence-corrected chi connectivity index (χ1v) is 19.3. The Hall–Kier alpha value is -1.74. The first kappa shape index (κ1) is 33.5. The second-order valence-electron chi connectivity index (χ2n) is 13.0. The van der Waals surface area contributed by atoms with Crippen molar-refractivity contribution in [3.63, 3.8) is 0 Å². The van der Waals surface area contributed by atoms with Gasteiger partial charge in [-0.1, -0.05) is 109 Å². The fourth-order valence-electron chi connectivity index (χ4n) is 5.40. The van der Waals surface area contributed by atoms with Crippen LogP contribution in [0.25, 0.3) is 0 Å². The van der Waals surface area contributed by atoms with Crippen LogP contribution in [0.1, 0.15) is 75.7 Å². The molecule has 0 fully saturated rings. The fourth-order valence-corrected chi connectivity index (χ4v) is 13.0. The molecule has 6 heteroatoms. The monoisotopic (exact) mass is 570 g/mol. The van der Waals surface area contributed by atoms with Crippen LogP contribution in [0.2, 0.25) is 23.2 Å². The predicted octanol–water partition coefficient (Wildman–Crippen LogP) is 7.57. The molecule has 0 aromatic heterocycles. The molecule has 4 nitrogen and oxygen atoms in total. The minimum Gasteiger partial charge on any atom is -0.465 e. The second kappa shape index (κ2) is 14.2. The van der Waals surface area contributed by atoms with E-state index in [1.807, 2.05) is 20.8 Å². The van der Waals surface area contributed by atoms with Crippen molar-refractivity contribution in [1.82, 2.24) is 0 Å². The summed E-state index contributed by atoms with van der Waals surface area (Å²) in [6.45, 7) is 22.5. The molecule has 218 valence electrons. The van der Waals surface area contributed by atoms with Crippen molar-refractivity contribution in [2.45, 2.75) is 105 Å². The number of hydrogen-bond donors (Lipinski definition) is 0. The Morgan fingerprint density at radius 3 is 1.64 bits per heavy atom. The SMILES string of the molecule is CC[Si](CC)(CC)O[C@@H](CCO[Si](c1ccccc1)(c1ccccc1)C(C)(C)C)[C@H](C)COC(=O)C(C)(C)C. The van der Waals surface area contributed by atoms with Gasteiger partial charge in [0, 0.05) is 12.5 Å². The molecule has 39 heavy (non-hydrogen) atoms. The van der Waals surface area contributed by atoms with Crippen molar-refractivity contribution in [1.29, 1.82) is 0 Å². The summed E-state index contributed by atoms with van der Waals surface area (Å²) in [5.74, 6) is -0.0859. The molecule has 0 N–H and O–H groups in total. The highest BCUT2D eigenvalue weighted by Crippen LogP contribution is 2.37. The standard InChI is InChI=1S/C33H54O4Si2/c1-11-38(12-2,13-3)37-30(27(4)26-35-31(34)32(5,6)7)24-25-36-39(33(8,9)10,28-20-16-14-17-21-28)29-22-18-15-19-23-29/h14-23,27,30H,11-13,24-26H2,1-10H3/t27-,30+/m1/s1. The van der Waals surface area contributed by atoms with Crippen LogP contribution < -0.4 is 10.4 Å². The van der Waals surface area contributed by atoms with Gasteiger partial charge in [0.2, 0.25) is 0 Å². The number of hydrogen-bond acceptors (Lipinski definition) is 4. The fraction of sp³-hybridized carbons (Fsp3) is 0.606. The summed E-state index contributed by atoms with van der Waals surface area (Å²) in [7, 11) is -4.51. The zero-order chi connectivity index (χ0) is 29.3. The molecule has 0 amide bonds. The van der Waals surface area contributed by atoms with Gasteiger partial charge in [-0.15, -0.1) is 0 Å². The van der Waals surface area contributed by atoms with Gasteiger partial charge in [-0.2, -0.15) is 0 Å². The van der Waals surface area contributed by atoms with Crippen LogP contribution in [0.15, 0.2) is 60.7 Å². The van der Waals surface area contributed by atoms with Gasteiger partial charge < -0.3 is 13.6 Å². The van der Waals surface area contributed by atoms with Gasteiger partial charge in [-0.05, 0) is 60.7 Å². The second-order valence-corrected chi connectivity index (χ2v) is 22.1. The van der Waals surface area contributed by atoms with Crippen LogP contribution in [0, 0.1) is 11.3 Å². The van der Waals surface area contributed by atoms with Gasteiger partial charge in [0.1, 0.15) is 0 Å². The number of rotatable bonds is 14. The smallest absolute Gasteiger partial charge is 0.311 e. The third kappa shape index (κ3) is 8.38. The molecular weight excluding hydrogens is 517 g/mol. The van der Waals surface area contributed by atoms with Crippen molar-refractivity contribution in [3.8, 4) is 0 Å². The van der Waals surface area contributed by atoms with E-state index in [0.717, 1.165) is 24.6 Å². The van der Waals surface area contributed by atoms with E-state index in [2.05, 4.69) is 109 Å². The average Bonchev–Trinajstić information content (AvgIpc) is 2.91. The lowest BCUT2D eigenvalue weighted by Gasteiger charge is -2.43. The Morgan fingerprint density at radius 2 is 1.26 bits per heavy atom. The van der Waals surface area contributed by atoms with E-state index in [1.165, 1.54) is 10.4 Å². The van der Waals surface area contributed by atoms with Gasteiger partial charge >= 0.3 is 5.97 Å². The minimum atomic E-state index is -2.63. The van der Waals surface area contributed by atoms with Crippen LogP contribution in [0.5, 0.6) is 0 Å². The molecule has 0 heterocycles. The lowest BCUT2D eigenvalue weighted by atomic mass is 9.97. The summed E-state index contributed by atoms with van der Waals surface area (Å²) < 4.78 is 20.0. The molecule has 0 radical (unpaired) electrons. The molecule has 2 rings (SSSR count). The molecular formula is C33H54O4Si2. The van der Waals surface area contributed by atoms with E-state index in [4.69, 9.17) is 13.6 Å². The third-order valence-corrected chi connectivity index (χ3v) is 17.9. The normalized spacial score (nSPS) is 14.6. The molecule has 2 aromatic rings. The number of esters is 1. The largest absolute Gasteiger partial charge is 0.465 e. The van der Waals surface area contributed by atoms with E-state index in [1.54, 1.807) is 0 Å². The maximum Gasteiger partial charge on any atom is 0.311 e. The average molecular weight is 571 g/mol. The number of benzene rings is 2. The molecule has 0 aliphatic rings. The topological polar surface area (TPSA) is 44.8 Å². The van der Waals surface area contributed by atoms with Crippen molar-refractivity contribution < 1.29 is 18.4 Å². The Morgan fingerprint density at radius 1 is 0.795 bits per heavy atom. The lowest BCUT2D eigenvalue weighted by molar-refractivity contribution is -0.155. The predicted molar refractivity (Wildman–Crippen MR) is 170 cm³/mol. The van der Waals surface area contributed by atoms with Gasteiger partial charge in [0.15, 0.2) is 8.32 Å². The summed E-state index contributed by atoms with van der Waals surface area (Å²) in [4.78, 5) is 12.5. The summed E-state index contributed by atoms with van der Waals surface area (Å²) in [5.41, 5.74) is -0.517. The van der Waals surface area contributed by atoms with Crippen LogP contribution in [0.4, 0.5) is 0 Å². The molecule has 0 unspecified atom stereocenters. The summed E-state index contributed by atoms with van der Waals surface area (Å²) >= 11 is 0. The first-order valence-electron chi connectivity index (χ1n) is 14.9. The van der Waals surface area contributed by atoms with Crippen molar-refractivity contribution in [2.24, 2.45) is 11.3 Å². The maximum atomic E-state index is 12.5. The molecule has 0 saturated heterocycles. The highest BCUT2D eigenvalue weighted by atomic mass is 28.4. The Bertz CT molecular complexity index is 944. The van der Waals surface area contributed by atoms with Crippen LogP contribution in [-0.4, -0.2) is 41.9 Å². The summed E-state index contributed by atoms with van der Waals surface area (Å²) in [6.07, 6.45) is 0.746. The van der Waals surface area contributed by atoms with Crippen LogP contribution in [0.3, 0.4) is 0 Å². The van der Waals surface area contributed by atoms with E-state index in [-0.39, 0.29) is 23.0 Å². The maximum absolute atomic E-state index is 12.5. The summed E-state index contributed by atoms with van der Waals surface area (Å²) in [6, 6.07) is 24.8. The quantitative estimate of drug-likeness (QED) is 0.174. The molecule has 2 aromatic carbocycles. The Balaban J connectivity index is 2.39. The van der Waals surface area contributed by atoms with Gasteiger partial charge in [-0.3, -0.25) is 4.79 Å². The zero-order valence-corrected chi connectivity index (χ0v) is 28.3. The van der Waals surface area contributed by atoms with Crippen LogP contribution in [-0.2, 0) is 18.4 Å². The van der Waals surface area contributed by atoms with Crippen LogP contribution >= 0.6 is 0 Å². The van der Waals surface area contributed by atoms with Gasteiger partial charge in [-0.25, -0.2) is 0 Å².